The van der Waals surface area contributed by atoms with Crippen molar-refractivity contribution in [1.29, 1.82) is 0 Å². The topological polar surface area (TPSA) is 62.7 Å². The molecule has 0 saturated heterocycles. The molecule has 6 nitrogen and oxygen atoms in total. The molecule has 3 aromatic carbocycles. The number of fused-ring (bicyclic) bond motifs is 1. The van der Waals surface area contributed by atoms with Crippen LogP contribution in [-0.4, -0.2) is 37.6 Å². The SMILES string of the molecule is COc1ccc(-c2cc(-c3ccc4c(c3)OCCO4)c(-c3ccc(OC)cc3)nn2)cc1. The van der Waals surface area contributed by atoms with Crippen LogP contribution >= 0.6 is 0 Å². The zero-order valence-electron chi connectivity index (χ0n) is 17.9. The number of aromatic nitrogens is 2. The van der Waals surface area contributed by atoms with E-state index in [1.807, 2.05) is 66.7 Å². The maximum absolute atomic E-state index is 5.81. The maximum atomic E-state index is 5.81. The van der Waals surface area contributed by atoms with Gasteiger partial charge in [-0.25, -0.2) is 0 Å². The fourth-order valence-corrected chi connectivity index (χ4v) is 3.69. The van der Waals surface area contributed by atoms with E-state index in [1.165, 1.54) is 0 Å². The van der Waals surface area contributed by atoms with Gasteiger partial charge in [0.25, 0.3) is 0 Å². The van der Waals surface area contributed by atoms with Crippen molar-refractivity contribution in [3.8, 4) is 56.6 Å². The monoisotopic (exact) mass is 426 g/mol. The van der Waals surface area contributed by atoms with E-state index in [0.29, 0.717) is 13.2 Å². The van der Waals surface area contributed by atoms with Crippen molar-refractivity contribution >= 4 is 0 Å². The van der Waals surface area contributed by atoms with Crippen molar-refractivity contribution in [2.75, 3.05) is 27.4 Å². The molecule has 6 heteroatoms. The highest BCUT2D eigenvalue weighted by Crippen LogP contribution is 2.39. The summed E-state index contributed by atoms with van der Waals surface area (Å²) in [6.07, 6.45) is 0. The lowest BCUT2D eigenvalue weighted by Gasteiger charge is -2.19. The molecule has 0 radical (unpaired) electrons. The van der Waals surface area contributed by atoms with Gasteiger partial charge in [-0.2, -0.15) is 0 Å². The van der Waals surface area contributed by atoms with Crippen LogP contribution in [0.1, 0.15) is 0 Å². The number of hydrogen-bond donors (Lipinski definition) is 0. The lowest BCUT2D eigenvalue weighted by Crippen LogP contribution is -2.15. The van der Waals surface area contributed by atoms with E-state index in [-0.39, 0.29) is 0 Å². The predicted molar refractivity (Wildman–Crippen MR) is 122 cm³/mol. The van der Waals surface area contributed by atoms with Crippen LogP contribution in [0.15, 0.2) is 72.8 Å². The first-order chi connectivity index (χ1) is 15.7. The van der Waals surface area contributed by atoms with Gasteiger partial charge in [-0.1, -0.05) is 6.07 Å². The molecule has 32 heavy (non-hydrogen) atoms. The Morgan fingerprint density at radius 1 is 0.625 bits per heavy atom. The van der Waals surface area contributed by atoms with Gasteiger partial charge in [0.05, 0.1) is 19.9 Å². The number of nitrogens with zero attached hydrogens (tertiary/aromatic N) is 2. The Balaban J connectivity index is 1.64. The Morgan fingerprint density at radius 2 is 1.22 bits per heavy atom. The van der Waals surface area contributed by atoms with Gasteiger partial charge in [0.15, 0.2) is 11.5 Å². The van der Waals surface area contributed by atoms with Crippen molar-refractivity contribution < 1.29 is 18.9 Å². The summed E-state index contributed by atoms with van der Waals surface area (Å²) in [4.78, 5) is 0. The second-order valence-electron chi connectivity index (χ2n) is 7.31. The Labute approximate surface area is 186 Å². The van der Waals surface area contributed by atoms with Crippen LogP contribution in [0.5, 0.6) is 23.0 Å². The first-order valence-electron chi connectivity index (χ1n) is 10.3. The molecular formula is C26H22N2O4. The molecule has 0 atom stereocenters. The first-order valence-corrected chi connectivity index (χ1v) is 10.3. The van der Waals surface area contributed by atoms with Gasteiger partial charge in [-0.3, -0.25) is 0 Å². The molecule has 0 aliphatic carbocycles. The summed E-state index contributed by atoms with van der Waals surface area (Å²) in [5.74, 6) is 3.07. The van der Waals surface area contributed by atoms with Gasteiger partial charge in [0.1, 0.15) is 30.4 Å². The molecule has 5 rings (SSSR count). The molecular weight excluding hydrogens is 404 g/mol. The number of ether oxygens (including phenoxy) is 4. The average Bonchev–Trinajstić information content (AvgIpc) is 2.88. The maximum Gasteiger partial charge on any atom is 0.161 e. The summed E-state index contributed by atoms with van der Waals surface area (Å²) < 4.78 is 22.1. The average molecular weight is 426 g/mol. The van der Waals surface area contributed by atoms with E-state index in [2.05, 4.69) is 16.3 Å². The highest BCUT2D eigenvalue weighted by molar-refractivity contribution is 5.84. The van der Waals surface area contributed by atoms with Crippen molar-refractivity contribution in [1.82, 2.24) is 10.2 Å². The van der Waals surface area contributed by atoms with E-state index < -0.39 is 0 Å². The molecule has 0 saturated carbocycles. The molecule has 160 valence electrons. The molecule has 0 fully saturated rings. The number of benzene rings is 3. The second-order valence-corrected chi connectivity index (χ2v) is 7.31. The largest absolute Gasteiger partial charge is 0.497 e. The molecule has 0 unspecified atom stereocenters. The minimum absolute atomic E-state index is 0.535. The van der Waals surface area contributed by atoms with Crippen molar-refractivity contribution in [2.45, 2.75) is 0 Å². The smallest absolute Gasteiger partial charge is 0.161 e. The predicted octanol–water partition coefficient (Wildman–Crippen LogP) is 5.27. The van der Waals surface area contributed by atoms with Crippen molar-refractivity contribution in [3.05, 3.63) is 72.8 Å². The fourth-order valence-electron chi connectivity index (χ4n) is 3.69. The molecule has 2 heterocycles. The Bertz CT molecular complexity index is 1240. The molecule has 4 aromatic rings. The van der Waals surface area contributed by atoms with E-state index in [4.69, 9.17) is 18.9 Å². The van der Waals surface area contributed by atoms with E-state index in [9.17, 15) is 0 Å². The van der Waals surface area contributed by atoms with Gasteiger partial charge in [-0.05, 0) is 72.3 Å². The number of methoxy groups -OCH3 is 2. The van der Waals surface area contributed by atoms with Gasteiger partial charge in [0, 0.05) is 16.7 Å². The van der Waals surface area contributed by atoms with Crippen LogP contribution < -0.4 is 18.9 Å². The lowest BCUT2D eigenvalue weighted by molar-refractivity contribution is 0.171. The molecule has 0 N–H and O–H groups in total. The highest BCUT2D eigenvalue weighted by Gasteiger charge is 2.17. The molecule has 0 bridgehead atoms. The number of rotatable bonds is 5. The second kappa shape index (κ2) is 8.59. The zero-order valence-corrected chi connectivity index (χ0v) is 17.9. The van der Waals surface area contributed by atoms with Crippen LogP contribution in [-0.2, 0) is 0 Å². The van der Waals surface area contributed by atoms with Gasteiger partial charge in [0.2, 0.25) is 0 Å². The summed E-state index contributed by atoms with van der Waals surface area (Å²) >= 11 is 0. The lowest BCUT2D eigenvalue weighted by atomic mass is 9.97. The van der Waals surface area contributed by atoms with Crippen molar-refractivity contribution in [2.24, 2.45) is 0 Å². The van der Waals surface area contributed by atoms with Gasteiger partial charge in [-0.15, -0.1) is 10.2 Å². The summed E-state index contributed by atoms with van der Waals surface area (Å²) in [6, 6.07) is 23.6. The quantitative estimate of drug-likeness (QED) is 0.433. The molecule has 1 aromatic heterocycles. The van der Waals surface area contributed by atoms with Crippen molar-refractivity contribution in [3.63, 3.8) is 0 Å². The highest BCUT2D eigenvalue weighted by atomic mass is 16.6. The summed E-state index contributed by atoms with van der Waals surface area (Å²) in [5, 5.41) is 9.14. The molecule has 1 aliphatic rings. The standard InChI is InChI=1S/C26H22N2O4/c1-29-20-8-3-17(4-9-20)23-16-22(19-7-12-24-25(15-19)32-14-13-31-24)26(28-27-23)18-5-10-21(30-2)11-6-18/h3-12,15-16H,13-14H2,1-2H3. The molecule has 0 spiro atoms. The van der Waals surface area contributed by atoms with E-state index in [1.54, 1.807) is 14.2 Å². The van der Waals surface area contributed by atoms with Crippen LogP contribution in [0.4, 0.5) is 0 Å². The normalized spacial score (nSPS) is 12.3. The van der Waals surface area contributed by atoms with Crippen LogP contribution in [0.3, 0.4) is 0 Å². The third kappa shape index (κ3) is 3.83. The van der Waals surface area contributed by atoms with Crippen LogP contribution in [0.25, 0.3) is 33.6 Å². The third-order valence-corrected chi connectivity index (χ3v) is 5.40. The summed E-state index contributed by atoms with van der Waals surface area (Å²) in [7, 11) is 3.30. The zero-order chi connectivity index (χ0) is 21.9. The first kappa shape index (κ1) is 19.9. The Morgan fingerprint density at radius 3 is 1.88 bits per heavy atom. The van der Waals surface area contributed by atoms with E-state index in [0.717, 1.165) is 56.6 Å². The van der Waals surface area contributed by atoms with E-state index >= 15 is 0 Å². The molecule has 0 amide bonds. The number of hydrogen-bond acceptors (Lipinski definition) is 6. The minimum atomic E-state index is 0.535. The Hall–Kier alpha value is -4.06. The van der Waals surface area contributed by atoms with Crippen LogP contribution in [0, 0.1) is 0 Å². The molecule has 1 aliphatic heterocycles. The van der Waals surface area contributed by atoms with Gasteiger partial charge >= 0.3 is 0 Å². The fraction of sp³-hybridized carbons (Fsp3) is 0.154. The summed E-state index contributed by atoms with van der Waals surface area (Å²) in [5.41, 5.74) is 5.39. The van der Waals surface area contributed by atoms with Gasteiger partial charge < -0.3 is 18.9 Å². The minimum Gasteiger partial charge on any atom is -0.497 e. The third-order valence-electron chi connectivity index (χ3n) is 5.40. The summed E-state index contributed by atoms with van der Waals surface area (Å²) in [6.45, 7) is 1.09. The van der Waals surface area contributed by atoms with Crippen LogP contribution in [0.2, 0.25) is 0 Å². The Kier molecular flexibility index (Phi) is 5.34.